The average molecular weight is 120 g/mol. The predicted octanol–water partition coefficient (Wildman–Crippen LogP) is 0.277. The van der Waals surface area contributed by atoms with E-state index in [1.54, 1.807) is 0 Å². The summed E-state index contributed by atoms with van der Waals surface area (Å²) in [5.74, 6) is 8.30. The quantitative estimate of drug-likeness (QED) is 0.519. The van der Waals surface area contributed by atoms with E-state index in [0.717, 1.165) is 5.75 Å². The number of aliphatic hydroxyl groups is 1. The molecule has 44 valence electrons. The molecule has 0 aromatic rings. The van der Waals surface area contributed by atoms with E-state index in [9.17, 15) is 0 Å². The van der Waals surface area contributed by atoms with Gasteiger partial charge in [-0.1, -0.05) is 11.7 Å². The van der Waals surface area contributed by atoms with E-state index in [4.69, 9.17) is 5.11 Å². The van der Waals surface area contributed by atoms with Crippen molar-refractivity contribution in [3.63, 3.8) is 0 Å². The fourth-order valence-electron chi connectivity index (χ4n) is 0.220. The molecule has 1 nitrogen and oxygen atoms in total. The Balaban J connectivity index is 3.60. The molecule has 1 N–H and O–H groups in total. The zero-order valence-electron chi connectivity index (χ0n) is 4.68. The lowest BCUT2D eigenvalue weighted by Gasteiger charge is -2.00. The van der Waals surface area contributed by atoms with Crippen LogP contribution >= 0.6 is 9.21 Å². The third-order valence-corrected chi connectivity index (χ3v) is 1.75. The van der Waals surface area contributed by atoms with E-state index in [-0.39, 0.29) is 6.61 Å². The van der Waals surface area contributed by atoms with Gasteiger partial charge in [0.2, 0.25) is 0 Å². The molecule has 0 bridgehead atoms. The topological polar surface area (TPSA) is 20.2 Å². The molecule has 0 aliphatic carbocycles. The van der Waals surface area contributed by atoms with Gasteiger partial charge in [0.05, 0.1) is 6.61 Å². The summed E-state index contributed by atoms with van der Waals surface area (Å²) in [5, 5.41) is 8.34. The predicted molar refractivity (Wildman–Crippen MR) is 39.7 cm³/mol. The van der Waals surface area contributed by atoms with Gasteiger partial charge in [-0.15, -0.1) is 0 Å². The van der Waals surface area contributed by atoms with Gasteiger partial charge in [-0.25, -0.2) is 9.21 Å². The lowest BCUT2D eigenvalue weighted by molar-refractivity contribution is 0.322. The normalized spacial score (nSPS) is 11.7. The van der Waals surface area contributed by atoms with Gasteiger partial charge in [0, 0.05) is 5.75 Å². The first-order valence-corrected chi connectivity index (χ1v) is 4.64. The first-order chi connectivity index (χ1) is 3.06. The minimum atomic E-state index is -0.924. The molecule has 0 aliphatic heterocycles. The van der Waals surface area contributed by atoms with Crippen LogP contribution in [0.5, 0.6) is 0 Å². The summed E-state index contributed by atoms with van der Waals surface area (Å²) in [5.41, 5.74) is 0. The second kappa shape index (κ2) is 2.38. The number of rotatable bonds is 2. The van der Waals surface area contributed by atoms with Crippen LogP contribution in [-0.4, -0.2) is 35.5 Å². The Labute approximate surface area is 45.5 Å². The molecule has 0 heterocycles. The molecular formula is C5H12OS. The van der Waals surface area contributed by atoms with E-state index < -0.39 is 9.21 Å². The maximum Gasteiger partial charge on any atom is 0.0512 e. The summed E-state index contributed by atoms with van der Waals surface area (Å²) in [6.45, 7) is 0.221. The van der Waals surface area contributed by atoms with Crippen LogP contribution in [0, 0.1) is 0 Å². The monoisotopic (exact) mass is 120 g/mol. The fourth-order valence-corrected chi connectivity index (χ4v) is 0.661. The molecule has 0 spiro atoms. The Morgan fingerprint density at radius 3 is 2.00 bits per heavy atom. The first kappa shape index (κ1) is 7.05. The smallest absolute Gasteiger partial charge is 0.0512 e. The van der Waals surface area contributed by atoms with Gasteiger partial charge in [-0.2, -0.15) is 0 Å². The van der Waals surface area contributed by atoms with Gasteiger partial charge in [0.25, 0.3) is 0 Å². The highest BCUT2D eigenvalue weighted by Crippen LogP contribution is 2.08. The van der Waals surface area contributed by atoms with E-state index in [1.807, 2.05) is 6.26 Å². The second-order valence-electron chi connectivity index (χ2n) is 1.91. The van der Waals surface area contributed by atoms with Crippen LogP contribution < -0.4 is 0 Å². The summed E-state index contributed by atoms with van der Waals surface area (Å²) in [6.07, 6.45) is 1.98. The van der Waals surface area contributed by atoms with E-state index >= 15 is 0 Å². The molecule has 0 aromatic heterocycles. The highest BCUT2D eigenvalue weighted by Gasteiger charge is 1.82. The number of hydrogen-bond acceptors (Lipinski definition) is 1. The third-order valence-electron chi connectivity index (χ3n) is 0.584. The van der Waals surface area contributed by atoms with Gasteiger partial charge >= 0.3 is 0 Å². The van der Waals surface area contributed by atoms with E-state index in [2.05, 4.69) is 11.7 Å². The van der Waals surface area contributed by atoms with Gasteiger partial charge < -0.3 is 5.11 Å². The minimum absolute atomic E-state index is 0.221. The Hall–Kier alpha value is 0.0500. The van der Waals surface area contributed by atoms with Gasteiger partial charge in [-0.3, -0.25) is 0 Å². The van der Waals surface area contributed by atoms with Crippen molar-refractivity contribution >= 4 is 20.9 Å². The molecule has 0 rings (SSSR count). The lowest BCUT2D eigenvalue weighted by atomic mass is 10.9. The minimum Gasteiger partial charge on any atom is -0.396 e. The van der Waals surface area contributed by atoms with E-state index in [0.29, 0.717) is 0 Å². The summed E-state index contributed by atoms with van der Waals surface area (Å²) >= 11 is 0. The summed E-state index contributed by atoms with van der Waals surface area (Å²) in [4.78, 5) is 0. The first-order valence-electron chi connectivity index (χ1n) is 2.09. The molecule has 0 saturated carbocycles. The molecule has 0 radical (unpaired) electrons. The molecule has 0 unspecified atom stereocenters. The summed E-state index contributed by atoms with van der Waals surface area (Å²) < 4.78 is 0. The fraction of sp³-hybridized carbons (Fsp3) is 0.600. The second-order valence-corrected chi connectivity index (χ2v) is 5.27. The summed E-state index contributed by atoms with van der Waals surface area (Å²) in [6, 6.07) is 0. The average Bonchev–Trinajstić information content (AvgIpc) is 1.30. The Morgan fingerprint density at radius 2 is 2.00 bits per heavy atom. The summed E-state index contributed by atoms with van der Waals surface area (Å²) in [7, 11) is -0.924. The highest BCUT2D eigenvalue weighted by atomic mass is 32.2. The van der Waals surface area contributed by atoms with Gasteiger partial charge in [-0.05, 0) is 6.26 Å². The zero-order valence-corrected chi connectivity index (χ0v) is 5.50. The number of hydrogen-bond donors (Lipinski definition) is 1. The maximum absolute atomic E-state index is 8.34. The highest BCUT2D eigenvalue weighted by molar-refractivity contribution is 8.27. The SMILES string of the molecule is C=S(=C)(C)CCO. The van der Waals surface area contributed by atoms with Crippen LogP contribution in [0.2, 0.25) is 0 Å². The standard InChI is InChI=1S/C5H12OS/c1-7(2,3)5-4-6/h6H,1-2,4-5H2,3H3. The molecule has 0 amide bonds. The van der Waals surface area contributed by atoms with Gasteiger partial charge in [0.15, 0.2) is 0 Å². The Kier molecular flexibility index (Phi) is 2.40. The molecule has 0 aliphatic rings. The Morgan fingerprint density at radius 1 is 1.57 bits per heavy atom. The van der Waals surface area contributed by atoms with Crippen molar-refractivity contribution in [2.24, 2.45) is 0 Å². The molecule has 0 aromatic carbocycles. The van der Waals surface area contributed by atoms with Crippen LogP contribution in [0.15, 0.2) is 0 Å². The van der Waals surface area contributed by atoms with Crippen molar-refractivity contribution in [1.29, 1.82) is 0 Å². The van der Waals surface area contributed by atoms with E-state index in [1.165, 1.54) is 0 Å². The van der Waals surface area contributed by atoms with Gasteiger partial charge in [0.1, 0.15) is 0 Å². The lowest BCUT2D eigenvalue weighted by Crippen LogP contribution is -1.89. The van der Waals surface area contributed by atoms with Crippen LogP contribution in [-0.2, 0) is 0 Å². The molecule has 0 saturated heterocycles. The zero-order chi connectivity index (χ0) is 5.91. The molecule has 7 heavy (non-hydrogen) atoms. The van der Waals surface area contributed by atoms with Crippen LogP contribution in [0.1, 0.15) is 0 Å². The molecular weight excluding hydrogens is 108 g/mol. The van der Waals surface area contributed by atoms with Crippen molar-refractivity contribution in [2.75, 3.05) is 18.6 Å². The number of aliphatic hydroxyl groups excluding tert-OH is 1. The largest absolute Gasteiger partial charge is 0.396 e. The molecule has 0 fully saturated rings. The third kappa shape index (κ3) is 6.05. The van der Waals surface area contributed by atoms with Crippen LogP contribution in [0.25, 0.3) is 0 Å². The van der Waals surface area contributed by atoms with Crippen molar-refractivity contribution in [2.45, 2.75) is 0 Å². The Bertz CT molecular complexity index is 121. The van der Waals surface area contributed by atoms with Crippen molar-refractivity contribution in [3.8, 4) is 0 Å². The van der Waals surface area contributed by atoms with Crippen molar-refractivity contribution in [3.05, 3.63) is 0 Å². The maximum atomic E-state index is 8.34. The molecule has 2 heteroatoms. The van der Waals surface area contributed by atoms with Crippen LogP contribution in [0.3, 0.4) is 0 Å². The van der Waals surface area contributed by atoms with Crippen molar-refractivity contribution in [1.82, 2.24) is 0 Å². The van der Waals surface area contributed by atoms with Crippen LogP contribution in [0.4, 0.5) is 0 Å². The molecule has 0 atom stereocenters. The van der Waals surface area contributed by atoms with Crippen molar-refractivity contribution < 1.29 is 5.11 Å².